The van der Waals surface area contributed by atoms with Gasteiger partial charge in [-0.1, -0.05) is 12.1 Å². The molecular weight excluding hydrogens is 264 g/mol. The van der Waals surface area contributed by atoms with Crippen LogP contribution in [0.1, 0.15) is 21.5 Å². The molecule has 0 spiro atoms. The molecule has 1 amide bonds. The van der Waals surface area contributed by atoms with E-state index in [0.717, 1.165) is 0 Å². The van der Waals surface area contributed by atoms with Crippen LogP contribution in [0.4, 0.5) is 8.78 Å². The summed E-state index contributed by atoms with van der Waals surface area (Å²) >= 11 is 0. The fourth-order valence-corrected chi connectivity index (χ4v) is 1.78. The fraction of sp³-hybridized carbons (Fsp3) is 0.133. The first-order chi connectivity index (χ1) is 9.47. The molecule has 0 saturated carbocycles. The first-order valence-corrected chi connectivity index (χ1v) is 5.99. The zero-order valence-electron chi connectivity index (χ0n) is 10.8. The lowest BCUT2D eigenvalue weighted by molar-refractivity contribution is 0.0946. The molecule has 20 heavy (non-hydrogen) atoms. The largest absolute Gasteiger partial charge is 0.508 e. The van der Waals surface area contributed by atoms with Crippen LogP contribution in [0.15, 0.2) is 36.4 Å². The molecule has 0 atom stereocenters. The van der Waals surface area contributed by atoms with Crippen LogP contribution in [0.3, 0.4) is 0 Å². The van der Waals surface area contributed by atoms with Crippen LogP contribution in [0.5, 0.6) is 5.75 Å². The SMILES string of the molecule is Cc1cc(C(=O)NCc2cccc(O)c2)c(F)cc1F. The van der Waals surface area contributed by atoms with Crippen LogP contribution >= 0.6 is 0 Å². The van der Waals surface area contributed by atoms with E-state index in [1.165, 1.54) is 25.1 Å². The van der Waals surface area contributed by atoms with Crippen molar-refractivity contribution >= 4 is 5.91 Å². The van der Waals surface area contributed by atoms with Crippen molar-refractivity contribution in [2.75, 3.05) is 0 Å². The average Bonchev–Trinajstić information content (AvgIpc) is 2.40. The molecule has 2 N–H and O–H groups in total. The number of nitrogens with one attached hydrogen (secondary N) is 1. The molecule has 0 heterocycles. The Hall–Kier alpha value is -2.43. The summed E-state index contributed by atoms with van der Waals surface area (Å²) in [7, 11) is 0. The van der Waals surface area contributed by atoms with Gasteiger partial charge in [0, 0.05) is 12.6 Å². The molecule has 0 aliphatic carbocycles. The van der Waals surface area contributed by atoms with Crippen LogP contribution in [0.25, 0.3) is 0 Å². The molecule has 5 heteroatoms. The molecule has 0 bridgehead atoms. The van der Waals surface area contributed by atoms with Crippen molar-refractivity contribution in [2.45, 2.75) is 13.5 Å². The highest BCUT2D eigenvalue weighted by Gasteiger charge is 2.14. The van der Waals surface area contributed by atoms with Crippen LogP contribution in [0.2, 0.25) is 0 Å². The number of phenolic OH excluding ortho intramolecular Hbond substituents is 1. The minimum Gasteiger partial charge on any atom is -0.508 e. The van der Waals surface area contributed by atoms with Crippen molar-refractivity contribution in [3.63, 3.8) is 0 Å². The van der Waals surface area contributed by atoms with Gasteiger partial charge in [0.2, 0.25) is 0 Å². The number of phenols is 1. The number of carbonyl (C=O) groups is 1. The van der Waals surface area contributed by atoms with Gasteiger partial charge in [0.15, 0.2) is 0 Å². The van der Waals surface area contributed by atoms with Crippen molar-refractivity contribution in [1.82, 2.24) is 5.32 Å². The topological polar surface area (TPSA) is 49.3 Å². The van der Waals surface area contributed by atoms with E-state index in [0.29, 0.717) is 11.6 Å². The van der Waals surface area contributed by atoms with Gasteiger partial charge in [-0.2, -0.15) is 0 Å². The Bertz CT molecular complexity index is 656. The Morgan fingerprint density at radius 3 is 2.65 bits per heavy atom. The van der Waals surface area contributed by atoms with Gasteiger partial charge in [0.1, 0.15) is 17.4 Å². The second-order valence-electron chi connectivity index (χ2n) is 4.43. The third-order valence-electron chi connectivity index (χ3n) is 2.86. The van der Waals surface area contributed by atoms with Crippen molar-refractivity contribution in [3.05, 3.63) is 64.7 Å². The number of benzene rings is 2. The van der Waals surface area contributed by atoms with E-state index in [1.54, 1.807) is 12.1 Å². The van der Waals surface area contributed by atoms with E-state index in [-0.39, 0.29) is 23.4 Å². The molecule has 0 radical (unpaired) electrons. The standard InChI is InChI=1S/C15H13F2NO2/c1-9-5-12(14(17)7-13(9)16)15(20)18-8-10-3-2-4-11(19)6-10/h2-7,19H,8H2,1H3,(H,18,20). The molecule has 0 unspecified atom stereocenters. The zero-order valence-corrected chi connectivity index (χ0v) is 10.8. The van der Waals surface area contributed by atoms with E-state index in [9.17, 15) is 18.7 Å². The van der Waals surface area contributed by atoms with Gasteiger partial charge >= 0.3 is 0 Å². The highest BCUT2D eigenvalue weighted by molar-refractivity contribution is 5.94. The maximum absolute atomic E-state index is 13.5. The lowest BCUT2D eigenvalue weighted by Gasteiger charge is -2.08. The predicted molar refractivity (Wildman–Crippen MR) is 70.4 cm³/mol. The highest BCUT2D eigenvalue weighted by atomic mass is 19.1. The van der Waals surface area contributed by atoms with Gasteiger partial charge in [0.25, 0.3) is 5.91 Å². The quantitative estimate of drug-likeness (QED) is 0.906. The molecule has 0 saturated heterocycles. The maximum atomic E-state index is 13.5. The number of halogens is 2. The molecule has 2 aromatic rings. The Labute approximate surface area is 114 Å². The van der Waals surface area contributed by atoms with E-state index >= 15 is 0 Å². The lowest BCUT2D eigenvalue weighted by Crippen LogP contribution is -2.24. The number of aryl methyl sites for hydroxylation is 1. The Morgan fingerprint density at radius 2 is 1.95 bits per heavy atom. The summed E-state index contributed by atoms with van der Waals surface area (Å²) in [6, 6.07) is 8.22. The smallest absolute Gasteiger partial charge is 0.254 e. The summed E-state index contributed by atoms with van der Waals surface area (Å²) < 4.78 is 26.6. The average molecular weight is 277 g/mol. The summed E-state index contributed by atoms with van der Waals surface area (Å²) in [4.78, 5) is 11.9. The minimum atomic E-state index is -0.901. The molecule has 0 aliphatic heterocycles. The number of hydrogen-bond donors (Lipinski definition) is 2. The summed E-state index contributed by atoms with van der Waals surface area (Å²) in [5.41, 5.74) is 0.676. The van der Waals surface area contributed by atoms with E-state index in [4.69, 9.17) is 0 Å². The summed E-state index contributed by atoms with van der Waals surface area (Å²) in [6.07, 6.45) is 0. The molecular formula is C15H13F2NO2. The molecule has 0 aromatic heterocycles. The Balaban J connectivity index is 2.11. The number of aromatic hydroxyl groups is 1. The van der Waals surface area contributed by atoms with Gasteiger partial charge in [0.05, 0.1) is 5.56 Å². The van der Waals surface area contributed by atoms with Crippen molar-refractivity contribution in [1.29, 1.82) is 0 Å². The van der Waals surface area contributed by atoms with Crippen molar-refractivity contribution < 1.29 is 18.7 Å². The van der Waals surface area contributed by atoms with Gasteiger partial charge in [-0.25, -0.2) is 8.78 Å². The van der Waals surface area contributed by atoms with Crippen molar-refractivity contribution in [2.24, 2.45) is 0 Å². The third-order valence-corrected chi connectivity index (χ3v) is 2.86. The van der Waals surface area contributed by atoms with Crippen LogP contribution in [-0.2, 0) is 6.54 Å². The van der Waals surface area contributed by atoms with Gasteiger partial charge < -0.3 is 10.4 Å². The van der Waals surface area contributed by atoms with Gasteiger partial charge in [-0.15, -0.1) is 0 Å². The molecule has 0 aliphatic rings. The first kappa shape index (κ1) is 14.0. The fourth-order valence-electron chi connectivity index (χ4n) is 1.78. The number of rotatable bonds is 3. The van der Waals surface area contributed by atoms with E-state index in [2.05, 4.69) is 5.32 Å². The Morgan fingerprint density at radius 1 is 1.20 bits per heavy atom. The van der Waals surface area contributed by atoms with Crippen LogP contribution in [-0.4, -0.2) is 11.0 Å². The summed E-state index contributed by atoms with van der Waals surface area (Å²) in [5, 5.41) is 11.8. The summed E-state index contributed by atoms with van der Waals surface area (Å²) in [6.45, 7) is 1.60. The predicted octanol–water partition coefficient (Wildman–Crippen LogP) is 2.91. The lowest BCUT2D eigenvalue weighted by atomic mass is 10.1. The molecule has 0 fully saturated rings. The van der Waals surface area contributed by atoms with Crippen molar-refractivity contribution in [3.8, 4) is 5.75 Å². The van der Waals surface area contributed by atoms with E-state index < -0.39 is 17.5 Å². The molecule has 2 rings (SSSR count). The number of carbonyl (C=O) groups excluding carboxylic acids is 1. The van der Waals surface area contributed by atoms with Crippen LogP contribution < -0.4 is 5.32 Å². The summed E-state index contributed by atoms with van der Waals surface area (Å²) in [5.74, 6) is -2.14. The number of hydrogen-bond acceptors (Lipinski definition) is 2. The maximum Gasteiger partial charge on any atom is 0.254 e. The third kappa shape index (κ3) is 3.12. The second-order valence-corrected chi connectivity index (χ2v) is 4.43. The number of amides is 1. The first-order valence-electron chi connectivity index (χ1n) is 5.99. The zero-order chi connectivity index (χ0) is 14.7. The minimum absolute atomic E-state index is 0.0838. The van der Waals surface area contributed by atoms with E-state index in [1.807, 2.05) is 0 Å². The van der Waals surface area contributed by atoms with Crippen LogP contribution in [0, 0.1) is 18.6 Å². The monoisotopic (exact) mass is 277 g/mol. The highest BCUT2D eigenvalue weighted by Crippen LogP contribution is 2.15. The molecule has 104 valence electrons. The normalized spacial score (nSPS) is 10.3. The second kappa shape index (κ2) is 5.69. The molecule has 3 nitrogen and oxygen atoms in total. The van der Waals surface area contributed by atoms with Gasteiger partial charge in [-0.3, -0.25) is 4.79 Å². The Kier molecular flexibility index (Phi) is 3.98. The van der Waals surface area contributed by atoms with Gasteiger partial charge in [-0.05, 0) is 36.2 Å². The molecule has 2 aromatic carbocycles.